The van der Waals surface area contributed by atoms with Crippen molar-refractivity contribution in [1.29, 1.82) is 0 Å². The highest BCUT2D eigenvalue weighted by Crippen LogP contribution is 2.54. The van der Waals surface area contributed by atoms with Gasteiger partial charge in [0.2, 0.25) is 0 Å². The zero-order chi connectivity index (χ0) is 27.3. The monoisotopic (exact) mass is 523 g/mol. The first-order valence-corrected chi connectivity index (χ1v) is 9.48. The molecule has 34 heavy (non-hydrogen) atoms. The van der Waals surface area contributed by atoms with Crippen LogP contribution in [0.5, 0.6) is 0 Å². The maximum absolute atomic E-state index is 13.6. The number of carboxylic acid groups (broad SMARTS) is 2. The molecule has 0 fully saturated rings. The number of esters is 1. The molecule has 0 rings (SSSR count). The summed E-state index contributed by atoms with van der Waals surface area (Å²) in [5.41, 5.74) is 0. The van der Waals surface area contributed by atoms with E-state index in [0.29, 0.717) is 0 Å². The van der Waals surface area contributed by atoms with Crippen molar-refractivity contribution in [2.45, 2.75) is 63.2 Å². The standard InChI is InChI=1S/C18H21F10O6/c1-3-8(7-10(12(31)32)9(4-2)11(29)30)13(33)34-6-5-15(21,22)17(25,26)18(27,28)16(23,24)14(19)20/h5,8-10,14H,3-4,6-7H2,1-2H3,(H,29,30)(H,31,32). The molecular weight excluding hydrogens is 502 g/mol. The number of alkyl halides is 10. The molecule has 1 radical (unpaired) electrons. The molecule has 0 bridgehead atoms. The van der Waals surface area contributed by atoms with Crippen LogP contribution in [0.2, 0.25) is 0 Å². The number of rotatable bonds is 15. The lowest BCUT2D eigenvalue weighted by atomic mass is 9.82. The molecular formula is C18H21F10O6. The van der Waals surface area contributed by atoms with Crippen molar-refractivity contribution in [3.8, 4) is 0 Å². The Balaban J connectivity index is 5.43. The van der Waals surface area contributed by atoms with Crippen LogP contribution >= 0.6 is 0 Å². The number of hydrogen-bond acceptors (Lipinski definition) is 4. The second kappa shape index (κ2) is 11.4. The number of ether oxygens (including phenoxy) is 1. The summed E-state index contributed by atoms with van der Waals surface area (Å²) in [6.07, 6.45) is -7.62. The van der Waals surface area contributed by atoms with Crippen LogP contribution in [0.25, 0.3) is 0 Å². The summed E-state index contributed by atoms with van der Waals surface area (Å²) in [5.74, 6) is -36.4. The third-order valence-electron chi connectivity index (χ3n) is 5.00. The van der Waals surface area contributed by atoms with E-state index in [9.17, 15) is 63.4 Å². The summed E-state index contributed by atoms with van der Waals surface area (Å²) in [5, 5.41) is 18.3. The first-order valence-electron chi connectivity index (χ1n) is 9.48. The number of carbonyl (C=O) groups is 3. The van der Waals surface area contributed by atoms with E-state index in [1.165, 1.54) is 13.8 Å². The molecule has 3 atom stereocenters. The van der Waals surface area contributed by atoms with Gasteiger partial charge in [0.25, 0.3) is 0 Å². The molecule has 6 nitrogen and oxygen atoms in total. The van der Waals surface area contributed by atoms with E-state index in [2.05, 4.69) is 4.74 Å². The average Bonchev–Trinajstić information content (AvgIpc) is 2.69. The number of carboxylic acids is 2. The Morgan fingerprint density at radius 2 is 1.29 bits per heavy atom. The molecule has 199 valence electrons. The Hall–Kier alpha value is -2.29. The van der Waals surface area contributed by atoms with Gasteiger partial charge in [-0.3, -0.25) is 14.4 Å². The smallest absolute Gasteiger partial charge is 0.384 e. The van der Waals surface area contributed by atoms with E-state index in [0.717, 1.165) is 0 Å². The van der Waals surface area contributed by atoms with Crippen LogP contribution < -0.4 is 0 Å². The van der Waals surface area contributed by atoms with Crippen molar-refractivity contribution in [1.82, 2.24) is 0 Å². The quantitative estimate of drug-likeness (QED) is 0.237. The second-order valence-corrected chi connectivity index (χ2v) is 7.17. The van der Waals surface area contributed by atoms with Crippen molar-refractivity contribution in [2.24, 2.45) is 17.8 Å². The minimum atomic E-state index is -7.20. The lowest BCUT2D eigenvalue weighted by Gasteiger charge is -2.36. The zero-order valence-corrected chi connectivity index (χ0v) is 17.5. The molecule has 0 aromatic heterocycles. The lowest BCUT2D eigenvalue weighted by Crippen LogP contribution is -2.64. The highest BCUT2D eigenvalue weighted by Gasteiger charge is 2.82. The maximum Gasteiger partial charge on any atom is 0.384 e. The van der Waals surface area contributed by atoms with Crippen LogP contribution in [0.4, 0.5) is 43.9 Å². The first kappa shape index (κ1) is 31.7. The third kappa shape index (κ3) is 6.43. The van der Waals surface area contributed by atoms with E-state index in [-0.39, 0.29) is 12.8 Å². The summed E-state index contributed by atoms with van der Waals surface area (Å²) in [4.78, 5) is 34.6. The zero-order valence-electron chi connectivity index (χ0n) is 17.5. The Morgan fingerprint density at radius 1 is 0.824 bits per heavy atom. The molecule has 0 saturated carbocycles. The number of halogens is 10. The van der Waals surface area contributed by atoms with Crippen LogP contribution in [-0.4, -0.2) is 64.8 Å². The lowest BCUT2D eigenvalue weighted by molar-refractivity contribution is -0.377. The Labute approximate surface area is 186 Å². The van der Waals surface area contributed by atoms with Gasteiger partial charge in [0.05, 0.1) is 24.2 Å². The van der Waals surface area contributed by atoms with Crippen molar-refractivity contribution < 1.29 is 73.2 Å². The van der Waals surface area contributed by atoms with E-state index in [1.54, 1.807) is 0 Å². The first-order chi connectivity index (χ1) is 15.2. The third-order valence-corrected chi connectivity index (χ3v) is 5.00. The fourth-order valence-electron chi connectivity index (χ4n) is 2.83. The highest BCUT2D eigenvalue weighted by molar-refractivity contribution is 5.81. The van der Waals surface area contributed by atoms with E-state index in [4.69, 9.17) is 5.11 Å². The number of carbonyl (C=O) groups excluding carboxylic acids is 1. The minimum Gasteiger partial charge on any atom is -0.481 e. The van der Waals surface area contributed by atoms with E-state index < -0.39 is 85.2 Å². The minimum absolute atomic E-state index is 0.176. The molecule has 0 aromatic carbocycles. The van der Waals surface area contributed by atoms with Crippen LogP contribution in [0.15, 0.2) is 0 Å². The molecule has 0 aliphatic carbocycles. The topological polar surface area (TPSA) is 101 Å². The van der Waals surface area contributed by atoms with Gasteiger partial charge in [0, 0.05) is 0 Å². The molecule has 0 amide bonds. The summed E-state index contributed by atoms with van der Waals surface area (Å²) >= 11 is 0. The van der Waals surface area contributed by atoms with Gasteiger partial charge < -0.3 is 14.9 Å². The molecule has 0 heterocycles. The van der Waals surface area contributed by atoms with Crippen LogP contribution in [0.1, 0.15) is 33.1 Å². The van der Waals surface area contributed by atoms with Gasteiger partial charge in [-0.15, -0.1) is 0 Å². The van der Waals surface area contributed by atoms with E-state index in [1.807, 2.05) is 0 Å². The van der Waals surface area contributed by atoms with Gasteiger partial charge in [-0.1, -0.05) is 13.8 Å². The summed E-state index contributed by atoms with van der Waals surface area (Å²) in [6, 6.07) is 0. The fraction of sp³-hybridized carbons (Fsp3) is 0.778. The predicted molar refractivity (Wildman–Crippen MR) is 92.0 cm³/mol. The maximum atomic E-state index is 13.6. The Morgan fingerprint density at radius 3 is 1.65 bits per heavy atom. The Bertz CT molecular complexity index is 728. The molecule has 3 unspecified atom stereocenters. The van der Waals surface area contributed by atoms with Crippen LogP contribution in [0, 0.1) is 24.2 Å². The predicted octanol–water partition coefficient (Wildman–Crippen LogP) is 4.77. The molecule has 0 aliphatic heterocycles. The summed E-state index contributed by atoms with van der Waals surface area (Å²) in [7, 11) is 0. The molecule has 0 aliphatic rings. The van der Waals surface area contributed by atoms with Crippen LogP contribution in [0.3, 0.4) is 0 Å². The average molecular weight is 523 g/mol. The highest BCUT2D eigenvalue weighted by atomic mass is 19.4. The number of aliphatic carboxylic acids is 2. The van der Waals surface area contributed by atoms with Crippen LogP contribution in [-0.2, 0) is 19.1 Å². The number of hydrogen-bond donors (Lipinski definition) is 2. The molecule has 2 N–H and O–H groups in total. The fourth-order valence-corrected chi connectivity index (χ4v) is 2.83. The second-order valence-electron chi connectivity index (χ2n) is 7.17. The van der Waals surface area contributed by atoms with Crippen molar-refractivity contribution >= 4 is 17.9 Å². The molecule has 16 heteroatoms. The van der Waals surface area contributed by atoms with Gasteiger partial charge >= 0.3 is 48.0 Å². The SMILES string of the molecule is CCC(CC(C(=O)O)C(CC)C(=O)O)C(=O)OC[CH]C(F)(F)C(F)(F)C(F)(F)C(F)(F)C(F)F. The van der Waals surface area contributed by atoms with Gasteiger partial charge in [0.15, 0.2) is 0 Å². The van der Waals surface area contributed by atoms with E-state index >= 15 is 0 Å². The van der Waals surface area contributed by atoms with Gasteiger partial charge in [-0.25, -0.2) is 8.78 Å². The van der Waals surface area contributed by atoms with Crippen molar-refractivity contribution in [3.63, 3.8) is 0 Å². The van der Waals surface area contributed by atoms with Crippen molar-refractivity contribution in [2.75, 3.05) is 6.61 Å². The molecule has 0 saturated heterocycles. The normalized spacial score (nSPS) is 16.1. The van der Waals surface area contributed by atoms with Gasteiger partial charge in [-0.2, -0.15) is 35.1 Å². The Kier molecular flexibility index (Phi) is 10.7. The molecule has 0 spiro atoms. The van der Waals surface area contributed by atoms with Gasteiger partial charge in [0.1, 0.15) is 6.61 Å². The summed E-state index contributed by atoms with van der Waals surface area (Å²) < 4.78 is 134. The summed E-state index contributed by atoms with van der Waals surface area (Å²) in [6.45, 7) is 0.729. The molecule has 0 aromatic rings. The van der Waals surface area contributed by atoms with Gasteiger partial charge in [-0.05, 0) is 19.3 Å². The largest absolute Gasteiger partial charge is 0.481 e. The van der Waals surface area contributed by atoms with Crippen molar-refractivity contribution in [3.05, 3.63) is 6.42 Å².